The third-order valence-electron chi connectivity index (χ3n) is 9.17. The first-order valence-electron chi connectivity index (χ1n) is 17.6. The minimum absolute atomic E-state index is 0.208. The Bertz CT molecular complexity index is 1700. The van der Waals surface area contributed by atoms with Crippen molar-refractivity contribution < 1.29 is 9.53 Å². The molecule has 8 heteroatoms. The summed E-state index contributed by atoms with van der Waals surface area (Å²) in [6.07, 6.45) is 3.53. The average Bonchev–Trinajstić information content (AvgIpc) is 3.07. The molecule has 0 unspecified atom stereocenters. The minimum Gasteiger partial charge on any atom is -0.444 e. The molecule has 4 aromatic rings. The molecule has 0 atom stereocenters. The van der Waals surface area contributed by atoms with E-state index in [9.17, 15) is 4.79 Å². The van der Waals surface area contributed by atoms with Crippen molar-refractivity contribution in [3.63, 3.8) is 0 Å². The van der Waals surface area contributed by atoms with Gasteiger partial charge in [0.1, 0.15) is 5.60 Å². The van der Waals surface area contributed by atoms with Crippen LogP contribution in [-0.2, 0) is 17.8 Å². The van der Waals surface area contributed by atoms with Gasteiger partial charge in [-0.15, -0.1) is 0 Å². The van der Waals surface area contributed by atoms with Gasteiger partial charge < -0.3 is 15.0 Å². The van der Waals surface area contributed by atoms with Crippen LogP contribution in [0.5, 0.6) is 0 Å². The van der Waals surface area contributed by atoms with Crippen molar-refractivity contribution in [2.75, 3.05) is 52.4 Å². The van der Waals surface area contributed by atoms with Crippen molar-refractivity contribution >= 4 is 6.09 Å². The summed E-state index contributed by atoms with van der Waals surface area (Å²) in [6.45, 7) is 23.8. The summed E-state index contributed by atoms with van der Waals surface area (Å²) in [5.41, 5.74) is 12.0. The van der Waals surface area contributed by atoms with E-state index in [0.717, 1.165) is 63.7 Å². The number of benzene rings is 2. The number of amides is 1. The van der Waals surface area contributed by atoms with Gasteiger partial charge in [-0.2, -0.15) is 0 Å². The number of carbonyl (C=O) groups is 1. The molecule has 4 heterocycles. The Morgan fingerprint density at radius 3 is 1.53 bits per heavy atom. The van der Waals surface area contributed by atoms with Crippen LogP contribution < -0.4 is 5.32 Å². The highest BCUT2D eigenvalue weighted by atomic mass is 16.6. The van der Waals surface area contributed by atoms with Crippen LogP contribution in [0.3, 0.4) is 0 Å². The molecule has 2 saturated heterocycles. The smallest absolute Gasteiger partial charge is 0.410 e. The number of pyridine rings is 2. The Labute approximate surface area is 293 Å². The van der Waals surface area contributed by atoms with Gasteiger partial charge in [-0.1, -0.05) is 36.4 Å². The first-order chi connectivity index (χ1) is 23.4. The fourth-order valence-electron chi connectivity index (χ4n) is 6.32. The molecule has 2 aliphatic rings. The molecule has 2 aliphatic heterocycles. The maximum Gasteiger partial charge on any atom is 0.410 e. The second kappa shape index (κ2) is 16.5. The van der Waals surface area contributed by atoms with Crippen LogP contribution >= 0.6 is 0 Å². The summed E-state index contributed by atoms with van der Waals surface area (Å²) >= 11 is 0. The third-order valence-corrected chi connectivity index (χ3v) is 9.17. The van der Waals surface area contributed by atoms with E-state index in [4.69, 9.17) is 4.74 Å². The zero-order valence-corrected chi connectivity index (χ0v) is 30.6. The van der Waals surface area contributed by atoms with Crippen molar-refractivity contribution in [3.05, 3.63) is 107 Å². The number of aromatic nitrogens is 2. The van der Waals surface area contributed by atoms with Gasteiger partial charge in [0.2, 0.25) is 0 Å². The molecule has 6 rings (SSSR count). The Morgan fingerprint density at radius 2 is 1.10 bits per heavy atom. The predicted molar refractivity (Wildman–Crippen MR) is 200 cm³/mol. The number of ether oxygens (including phenoxy) is 1. The largest absolute Gasteiger partial charge is 0.444 e. The first-order valence-corrected chi connectivity index (χ1v) is 17.6. The van der Waals surface area contributed by atoms with Crippen molar-refractivity contribution in [2.45, 2.75) is 67.2 Å². The molecule has 8 nitrogen and oxygen atoms in total. The van der Waals surface area contributed by atoms with Crippen molar-refractivity contribution in [3.8, 4) is 22.3 Å². The molecule has 2 aromatic heterocycles. The molecule has 1 amide bonds. The van der Waals surface area contributed by atoms with Crippen molar-refractivity contribution in [1.29, 1.82) is 0 Å². The van der Waals surface area contributed by atoms with E-state index in [1.165, 1.54) is 44.5 Å². The molecule has 0 radical (unpaired) electrons. The summed E-state index contributed by atoms with van der Waals surface area (Å²) in [6, 6.07) is 21.9. The van der Waals surface area contributed by atoms with Crippen molar-refractivity contribution in [2.24, 2.45) is 0 Å². The van der Waals surface area contributed by atoms with E-state index < -0.39 is 5.60 Å². The normalized spacial score (nSPS) is 15.8. The van der Waals surface area contributed by atoms with Gasteiger partial charge in [-0.05, 0) is 117 Å². The summed E-state index contributed by atoms with van der Waals surface area (Å²) < 4.78 is 5.48. The lowest BCUT2D eigenvalue weighted by Crippen LogP contribution is -2.49. The third kappa shape index (κ3) is 10.7. The van der Waals surface area contributed by atoms with Crippen LogP contribution in [0.25, 0.3) is 22.3 Å². The van der Waals surface area contributed by atoms with Crippen LogP contribution in [-0.4, -0.2) is 88.7 Å². The zero-order valence-electron chi connectivity index (χ0n) is 30.6. The number of nitrogens with one attached hydrogen (secondary N) is 1. The molecule has 0 saturated carbocycles. The van der Waals surface area contributed by atoms with E-state index in [1.54, 1.807) is 0 Å². The van der Waals surface area contributed by atoms with Gasteiger partial charge in [0.05, 0.1) is 0 Å². The van der Waals surface area contributed by atoms with Crippen LogP contribution in [0.15, 0.2) is 73.1 Å². The monoisotopic (exact) mass is 662 g/mol. The molecule has 2 fully saturated rings. The fraction of sp³-hybridized carbons (Fsp3) is 0.439. The number of hydrogen-bond acceptors (Lipinski definition) is 7. The summed E-state index contributed by atoms with van der Waals surface area (Å²) in [5.74, 6) is 0. The number of piperazine rings is 2. The first kappa shape index (κ1) is 36.2. The zero-order chi connectivity index (χ0) is 35.0. The SMILES string of the molecule is Cc1cc(-c2ccc(CN3CCN(C(=O)OC(C)(C)C)CC3)c(C)c2)ccn1.Cc1cc(-c2ccc(CN3CCNCC3)c(C)c2)ccn1. The number of carbonyl (C=O) groups excluding carboxylic acids is 1. The fourth-order valence-corrected chi connectivity index (χ4v) is 6.32. The number of rotatable bonds is 6. The maximum absolute atomic E-state index is 12.2. The van der Waals surface area contributed by atoms with Gasteiger partial charge in [0.15, 0.2) is 0 Å². The molecular weight excluding hydrogens is 608 g/mol. The van der Waals surface area contributed by atoms with E-state index in [1.807, 2.05) is 51.9 Å². The van der Waals surface area contributed by atoms with E-state index >= 15 is 0 Å². The van der Waals surface area contributed by atoms with Crippen LogP contribution in [0.1, 0.15) is 54.4 Å². The maximum atomic E-state index is 12.2. The molecule has 2 aromatic carbocycles. The Kier molecular flexibility index (Phi) is 12.2. The van der Waals surface area contributed by atoms with Crippen LogP contribution in [0.2, 0.25) is 0 Å². The molecular formula is C41H54N6O2. The number of nitrogens with zero attached hydrogens (tertiary/aromatic N) is 5. The molecule has 0 aliphatic carbocycles. The number of aryl methyl sites for hydroxylation is 4. The lowest BCUT2D eigenvalue weighted by Gasteiger charge is -2.35. The molecule has 260 valence electrons. The van der Waals surface area contributed by atoms with Gasteiger partial charge >= 0.3 is 6.09 Å². The molecule has 0 spiro atoms. The van der Waals surface area contributed by atoms with Gasteiger partial charge in [0.25, 0.3) is 0 Å². The molecule has 0 bridgehead atoms. The minimum atomic E-state index is -0.444. The predicted octanol–water partition coefficient (Wildman–Crippen LogP) is 7.19. The Hall–Kier alpha value is -4.11. The van der Waals surface area contributed by atoms with Gasteiger partial charge in [-0.3, -0.25) is 19.8 Å². The topological polar surface area (TPSA) is 73.8 Å². The van der Waals surface area contributed by atoms with Crippen molar-refractivity contribution in [1.82, 2.24) is 30.0 Å². The van der Waals surface area contributed by atoms with Crippen LogP contribution in [0.4, 0.5) is 4.79 Å². The summed E-state index contributed by atoms with van der Waals surface area (Å²) in [5, 5.41) is 3.40. The van der Waals surface area contributed by atoms with E-state index in [-0.39, 0.29) is 6.09 Å². The second-order valence-electron chi connectivity index (χ2n) is 14.4. The average molecular weight is 663 g/mol. The van der Waals surface area contributed by atoms with Crippen LogP contribution in [0, 0.1) is 27.7 Å². The highest BCUT2D eigenvalue weighted by Crippen LogP contribution is 2.25. The van der Waals surface area contributed by atoms with E-state index in [0.29, 0.717) is 13.1 Å². The lowest BCUT2D eigenvalue weighted by molar-refractivity contribution is 0.0139. The standard InChI is InChI=1S/C23H31N3O2.C18H23N3/c1-17-14-19(20-8-9-24-18(2)15-20)6-7-21(17)16-25-10-12-26(13-11-25)22(27)28-23(3,4)5;1-14-11-16(17-5-6-20-15(2)12-17)3-4-18(14)13-21-9-7-19-8-10-21/h6-9,14-15H,10-13,16H2,1-5H3;3-6,11-12,19H,7-10,13H2,1-2H3. The molecule has 1 N–H and O–H groups in total. The summed E-state index contributed by atoms with van der Waals surface area (Å²) in [7, 11) is 0. The highest BCUT2D eigenvalue weighted by Gasteiger charge is 2.26. The second-order valence-corrected chi connectivity index (χ2v) is 14.4. The highest BCUT2D eigenvalue weighted by molar-refractivity contribution is 5.68. The van der Waals surface area contributed by atoms with Gasteiger partial charge in [-0.25, -0.2) is 4.79 Å². The lowest BCUT2D eigenvalue weighted by atomic mass is 9.99. The Morgan fingerprint density at radius 1 is 0.653 bits per heavy atom. The van der Waals surface area contributed by atoms with E-state index in [2.05, 4.69) is 99.6 Å². The summed E-state index contributed by atoms with van der Waals surface area (Å²) in [4.78, 5) is 27.5. The number of hydrogen-bond donors (Lipinski definition) is 1. The molecule has 49 heavy (non-hydrogen) atoms. The quantitative estimate of drug-likeness (QED) is 0.234. The Balaban J connectivity index is 0.000000199. The van der Waals surface area contributed by atoms with Gasteiger partial charge in [0, 0.05) is 89.2 Å².